The predicted molar refractivity (Wildman–Crippen MR) is 62.9 cm³/mol. The van der Waals surface area contributed by atoms with E-state index >= 15 is 0 Å². The van der Waals surface area contributed by atoms with Crippen LogP contribution in [0.1, 0.15) is 26.7 Å². The van der Waals surface area contributed by atoms with Gasteiger partial charge in [0.2, 0.25) is 5.91 Å². The Morgan fingerprint density at radius 2 is 1.94 bits per heavy atom. The Labute approximate surface area is 97.4 Å². The van der Waals surface area contributed by atoms with Gasteiger partial charge in [-0.15, -0.1) is 0 Å². The minimum Gasteiger partial charge on any atom is -0.396 e. The predicted octanol–water partition coefficient (Wildman–Crippen LogP) is 0.0405. The summed E-state index contributed by atoms with van der Waals surface area (Å²) in [6.07, 6.45) is 1.65. The lowest BCUT2D eigenvalue weighted by atomic mass is 10.2. The Morgan fingerprint density at radius 1 is 1.38 bits per heavy atom. The highest BCUT2D eigenvalue weighted by molar-refractivity contribution is 7.90. The lowest BCUT2D eigenvalue weighted by Gasteiger charge is -2.26. The zero-order chi connectivity index (χ0) is 12.8. The first-order chi connectivity index (χ1) is 7.28. The van der Waals surface area contributed by atoms with Crippen LogP contribution in [0, 0.1) is 0 Å². The molecule has 6 heteroatoms. The number of aliphatic hydroxyl groups excluding tert-OH is 1. The minimum atomic E-state index is -3.10. The molecule has 0 saturated carbocycles. The van der Waals surface area contributed by atoms with Crippen LogP contribution in [-0.4, -0.2) is 55.5 Å². The number of carbonyl (C=O) groups excluding carboxylic acids is 1. The van der Waals surface area contributed by atoms with Crippen LogP contribution in [0.5, 0.6) is 0 Å². The highest BCUT2D eigenvalue weighted by Crippen LogP contribution is 2.04. The number of hydrogen-bond donors (Lipinski definition) is 1. The lowest BCUT2D eigenvalue weighted by molar-refractivity contribution is -0.132. The molecule has 0 bridgehead atoms. The van der Waals surface area contributed by atoms with E-state index in [1.165, 1.54) is 0 Å². The molecule has 0 aliphatic rings. The topological polar surface area (TPSA) is 74.7 Å². The molecule has 96 valence electrons. The quantitative estimate of drug-likeness (QED) is 0.693. The van der Waals surface area contributed by atoms with E-state index < -0.39 is 9.84 Å². The fourth-order valence-electron chi connectivity index (χ4n) is 1.33. The van der Waals surface area contributed by atoms with Gasteiger partial charge in [0, 0.05) is 31.9 Å². The summed E-state index contributed by atoms with van der Waals surface area (Å²) in [5.74, 6) is -0.289. The van der Waals surface area contributed by atoms with E-state index in [4.69, 9.17) is 5.11 Å². The molecule has 5 nitrogen and oxygen atoms in total. The van der Waals surface area contributed by atoms with Gasteiger partial charge in [-0.05, 0) is 20.3 Å². The van der Waals surface area contributed by atoms with Crippen molar-refractivity contribution >= 4 is 15.7 Å². The third kappa shape index (κ3) is 6.79. The van der Waals surface area contributed by atoms with Gasteiger partial charge in [0.1, 0.15) is 9.84 Å². The van der Waals surface area contributed by atoms with Crippen molar-refractivity contribution in [2.24, 2.45) is 0 Å². The Bertz CT molecular complexity index is 311. The van der Waals surface area contributed by atoms with Crippen LogP contribution in [0.3, 0.4) is 0 Å². The summed E-state index contributed by atoms with van der Waals surface area (Å²) in [5, 5.41) is 8.70. The van der Waals surface area contributed by atoms with Gasteiger partial charge in [-0.3, -0.25) is 4.79 Å². The first kappa shape index (κ1) is 15.4. The summed E-state index contributed by atoms with van der Waals surface area (Å²) in [5.41, 5.74) is 0. The van der Waals surface area contributed by atoms with Gasteiger partial charge in [-0.1, -0.05) is 0 Å². The Hall–Kier alpha value is -0.620. The van der Waals surface area contributed by atoms with Crippen molar-refractivity contribution in [2.45, 2.75) is 32.7 Å². The Morgan fingerprint density at radius 3 is 2.31 bits per heavy atom. The van der Waals surface area contributed by atoms with E-state index in [2.05, 4.69) is 0 Å². The molecular weight excluding hydrogens is 230 g/mol. The summed E-state index contributed by atoms with van der Waals surface area (Å²) < 4.78 is 21.9. The fraction of sp³-hybridized carbons (Fsp3) is 0.900. The summed E-state index contributed by atoms with van der Waals surface area (Å²) in [6, 6.07) is 0.0265. The van der Waals surface area contributed by atoms with Gasteiger partial charge >= 0.3 is 0 Å². The number of rotatable bonds is 7. The van der Waals surface area contributed by atoms with Crippen molar-refractivity contribution < 1.29 is 18.3 Å². The van der Waals surface area contributed by atoms with E-state index in [-0.39, 0.29) is 30.7 Å². The molecule has 1 N–H and O–H groups in total. The zero-order valence-corrected chi connectivity index (χ0v) is 11.0. The number of nitrogens with zero attached hydrogens (tertiary/aromatic N) is 1. The standard InChI is InChI=1S/C10H21NO4S/c1-9(2)11(6-4-7-12)10(13)5-8-16(3,14)15/h9,12H,4-8H2,1-3H3. The molecule has 0 aromatic carbocycles. The van der Waals surface area contributed by atoms with Gasteiger partial charge in [0.05, 0.1) is 5.75 Å². The first-order valence-corrected chi connectivity index (χ1v) is 7.42. The second-order valence-electron chi connectivity index (χ2n) is 4.14. The number of amides is 1. The molecule has 0 spiro atoms. The summed E-state index contributed by atoms with van der Waals surface area (Å²) in [4.78, 5) is 13.3. The maximum absolute atomic E-state index is 11.7. The third-order valence-corrected chi connectivity index (χ3v) is 3.13. The first-order valence-electron chi connectivity index (χ1n) is 5.36. The molecule has 1 amide bonds. The maximum atomic E-state index is 11.7. The molecule has 16 heavy (non-hydrogen) atoms. The Kier molecular flexibility index (Phi) is 6.59. The molecule has 0 fully saturated rings. The lowest BCUT2D eigenvalue weighted by Crippen LogP contribution is -2.38. The largest absolute Gasteiger partial charge is 0.396 e. The van der Waals surface area contributed by atoms with E-state index in [1.807, 2.05) is 13.8 Å². The molecule has 0 rings (SSSR count). The normalized spacial score (nSPS) is 11.8. The van der Waals surface area contributed by atoms with E-state index in [0.29, 0.717) is 13.0 Å². The summed E-state index contributed by atoms with van der Waals surface area (Å²) >= 11 is 0. The minimum absolute atomic E-state index is 0.0163. The average molecular weight is 251 g/mol. The highest BCUT2D eigenvalue weighted by atomic mass is 32.2. The molecule has 0 aromatic heterocycles. The van der Waals surface area contributed by atoms with Crippen LogP contribution in [-0.2, 0) is 14.6 Å². The Balaban J connectivity index is 4.28. The van der Waals surface area contributed by atoms with Crippen molar-refractivity contribution in [3.8, 4) is 0 Å². The van der Waals surface area contributed by atoms with Gasteiger partial charge in [0.15, 0.2) is 0 Å². The summed E-state index contributed by atoms with van der Waals surface area (Å²) in [6.45, 7) is 4.24. The molecule has 0 radical (unpaired) electrons. The van der Waals surface area contributed by atoms with Gasteiger partial charge in [-0.2, -0.15) is 0 Å². The van der Waals surface area contributed by atoms with Crippen LogP contribution >= 0.6 is 0 Å². The van der Waals surface area contributed by atoms with E-state index in [0.717, 1.165) is 6.26 Å². The third-order valence-electron chi connectivity index (χ3n) is 2.19. The molecule has 0 saturated heterocycles. The van der Waals surface area contributed by atoms with Crippen LogP contribution in [0.15, 0.2) is 0 Å². The second kappa shape index (κ2) is 6.85. The van der Waals surface area contributed by atoms with E-state index in [9.17, 15) is 13.2 Å². The fourth-order valence-corrected chi connectivity index (χ4v) is 1.87. The average Bonchev–Trinajstić information content (AvgIpc) is 2.13. The van der Waals surface area contributed by atoms with Crippen LogP contribution in [0.2, 0.25) is 0 Å². The zero-order valence-electron chi connectivity index (χ0n) is 10.1. The highest BCUT2D eigenvalue weighted by Gasteiger charge is 2.17. The number of sulfone groups is 1. The summed E-state index contributed by atoms with van der Waals surface area (Å²) in [7, 11) is -3.10. The number of carbonyl (C=O) groups is 1. The van der Waals surface area contributed by atoms with Crippen molar-refractivity contribution in [1.82, 2.24) is 4.90 Å². The van der Waals surface area contributed by atoms with Gasteiger partial charge < -0.3 is 10.0 Å². The molecule has 0 atom stereocenters. The van der Waals surface area contributed by atoms with E-state index in [1.54, 1.807) is 4.90 Å². The van der Waals surface area contributed by atoms with Crippen molar-refractivity contribution in [1.29, 1.82) is 0 Å². The molecular formula is C10H21NO4S. The monoisotopic (exact) mass is 251 g/mol. The molecule has 0 aliphatic carbocycles. The second-order valence-corrected chi connectivity index (χ2v) is 6.40. The van der Waals surface area contributed by atoms with Gasteiger partial charge in [0.25, 0.3) is 0 Å². The molecule has 0 heterocycles. The van der Waals surface area contributed by atoms with Gasteiger partial charge in [-0.25, -0.2) is 8.42 Å². The maximum Gasteiger partial charge on any atom is 0.223 e. The van der Waals surface area contributed by atoms with Crippen LogP contribution < -0.4 is 0 Å². The molecule has 0 aliphatic heterocycles. The number of hydrogen-bond acceptors (Lipinski definition) is 4. The van der Waals surface area contributed by atoms with Crippen molar-refractivity contribution in [2.75, 3.05) is 25.2 Å². The van der Waals surface area contributed by atoms with Crippen molar-refractivity contribution in [3.05, 3.63) is 0 Å². The SMILES string of the molecule is CC(C)N(CCCO)C(=O)CCS(C)(=O)=O. The van der Waals surface area contributed by atoms with Crippen molar-refractivity contribution in [3.63, 3.8) is 0 Å². The van der Waals surface area contributed by atoms with Crippen LogP contribution in [0.4, 0.5) is 0 Å². The van der Waals surface area contributed by atoms with Crippen LogP contribution in [0.25, 0.3) is 0 Å². The number of aliphatic hydroxyl groups is 1. The smallest absolute Gasteiger partial charge is 0.223 e. The molecule has 0 aromatic rings. The molecule has 0 unspecified atom stereocenters.